The molecule has 1 aliphatic rings. The average molecular weight is 285 g/mol. The van der Waals surface area contributed by atoms with Crippen LogP contribution in [-0.2, 0) is 4.79 Å². The third-order valence-electron chi connectivity index (χ3n) is 3.95. The Morgan fingerprint density at radius 1 is 1.40 bits per heavy atom. The highest BCUT2D eigenvalue weighted by atomic mass is 16.4. The van der Waals surface area contributed by atoms with Crippen molar-refractivity contribution in [3.63, 3.8) is 0 Å². The molecular weight excluding hydrogens is 258 g/mol. The summed E-state index contributed by atoms with van der Waals surface area (Å²) in [6.45, 7) is 7.70. The third kappa shape index (κ3) is 3.62. The lowest BCUT2D eigenvalue weighted by Gasteiger charge is -2.35. The van der Waals surface area contributed by atoms with Gasteiger partial charge in [-0.2, -0.15) is 0 Å². The van der Waals surface area contributed by atoms with Crippen LogP contribution in [0, 0.1) is 5.92 Å². The number of hydrogen-bond acceptors (Lipinski definition) is 3. The number of urea groups is 1. The smallest absolute Gasteiger partial charge is 0.326 e. The second-order valence-corrected chi connectivity index (χ2v) is 5.92. The lowest BCUT2D eigenvalue weighted by atomic mass is 10.0. The van der Waals surface area contributed by atoms with Crippen LogP contribution in [-0.4, -0.2) is 77.6 Å². The van der Waals surface area contributed by atoms with Crippen molar-refractivity contribution in [2.75, 3.05) is 33.7 Å². The number of amides is 2. The van der Waals surface area contributed by atoms with E-state index in [0.717, 1.165) is 13.0 Å². The molecule has 6 heteroatoms. The van der Waals surface area contributed by atoms with Crippen molar-refractivity contribution in [3.05, 3.63) is 0 Å². The minimum atomic E-state index is -0.903. The van der Waals surface area contributed by atoms with Crippen LogP contribution in [0.25, 0.3) is 0 Å². The van der Waals surface area contributed by atoms with E-state index in [2.05, 4.69) is 0 Å². The molecule has 0 aromatic rings. The van der Waals surface area contributed by atoms with Crippen molar-refractivity contribution in [1.82, 2.24) is 14.7 Å². The molecule has 0 bridgehead atoms. The molecule has 1 fully saturated rings. The van der Waals surface area contributed by atoms with Crippen LogP contribution in [0.1, 0.15) is 27.2 Å². The van der Waals surface area contributed by atoms with Gasteiger partial charge in [0.1, 0.15) is 6.04 Å². The summed E-state index contributed by atoms with van der Waals surface area (Å²) in [4.78, 5) is 29.3. The van der Waals surface area contributed by atoms with Crippen LogP contribution in [0.4, 0.5) is 4.79 Å². The molecule has 0 aliphatic carbocycles. The van der Waals surface area contributed by atoms with E-state index in [1.54, 1.807) is 4.90 Å². The SMILES string of the molecule is CCN(C(=O)N1CCC(C)C1C(=O)O)C(C)CN(C)C. The first kappa shape index (κ1) is 16.8. The lowest BCUT2D eigenvalue weighted by molar-refractivity contribution is -0.142. The Labute approximate surface area is 121 Å². The molecule has 0 radical (unpaired) electrons. The number of nitrogens with zero attached hydrogens (tertiary/aromatic N) is 3. The third-order valence-corrected chi connectivity index (χ3v) is 3.95. The molecule has 0 spiro atoms. The van der Waals surface area contributed by atoms with Crippen molar-refractivity contribution in [1.29, 1.82) is 0 Å². The van der Waals surface area contributed by atoms with E-state index in [1.165, 1.54) is 4.90 Å². The Hall–Kier alpha value is -1.30. The molecule has 3 unspecified atom stereocenters. The van der Waals surface area contributed by atoms with Crippen LogP contribution in [0.3, 0.4) is 0 Å². The first-order chi connectivity index (χ1) is 9.29. The van der Waals surface area contributed by atoms with Crippen LogP contribution in [0.2, 0.25) is 0 Å². The van der Waals surface area contributed by atoms with Crippen molar-refractivity contribution in [3.8, 4) is 0 Å². The quantitative estimate of drug-likeness (QED) is 0.823. The summed E-state index contributed by atoms with van der Waals surface area (Å²) in [5.74, 6) is -0.890. The summed E-state index contributed by atoms with van der Waals surface area (Å²) in [6.07, 6.45) is 0.752. The van der Waals surface area contributed by atoms with Gasteiger partial charge in [-0.15, -0.1) is 0 Å². The van der Waals surface area contributed by atoms with E-state index < -0.39 is 12.0 Å². The normalized spacial score (nSPS) is 24.0. The Balaban J connectivity index is 2.83. The molecule has 1 rings (SSSR count). The number of aliphatic carboxylic acids is 1. The summed E-state index contributed by atoms with van der Waals surface area (Å²) in [7, 11) is 3.93. The van der Waals surface area contributed by atoms with E-state index in [0.29, 0.717) is 13.1 Å². The van der Waals surface area contributed by atoms with Crippen LogP contribution < -0.4 is 0 Å². The molecule has 3 atom stereocenters. The van der Waals surface area contributed by atoms with Gasteiger partial charge in [0, 0.05) is 25.7 Å². The number of hydrogen-bond donors (Lipinski definition) is 1. The van der Waals surface area contributed by atoms with Crippen molar-refractivity contribution < 1.29 is 14.7 Å². The number of likely N-dealkylation sites (tertiary alicyclic amines) is 1. The van der Waals surface area contributed by atoms with E-state index in [4.69, 9.17) is 0 Å². The number of carbonyl (C=O) groups excluding carboxylic acids is 1. The summed E-state index contributed by atoms with van der Waals surface area (Å²) in [5, 5.41) is 9.32. The zero-order valence-corrected chi connectivity index (χ0v) is 13.2. The van der Waals surface area contributed by atoms with E-state index in [1.807, 2.05) is 39.8 Å². The summed E-state index contributed by atoms with van der Waals surface area (Å²) in [6, 6.07) is -0.783. The first-order valence-corrected chi connectivity index (χ1v) is 7.24. The molecule has 20 heavy (non-hydrogen) atoms. The maximum atomic E-state index is 12.6. The van der Waals surface area contributed by atoms with Gasteiger partial charge in [0.15, 0.2) is 0 Å². The van der Waals surface area contributed by atoms with Gasteiger partial charge < -0.3 is 19.8 Å². The van der Waals surface area contributed by atoms with E-state index >= 15 is 0 Å². The molecule has 1 aliphatic heterocycles. The Morgan fingerprint density at radius 3 is 2.45 bits per heavy atom. The maximum Gasteiger partial charge on any atom is 0.326 e. The van der Waals surface area contributed by atoms with Gasteiger partial charge in [0.25, 0.3) is 0 Å². The molecule has 1 saturated heterocycles. The van der Waals surface area contributed by atoms with Gasteiger partial charge >= 0.3 is 12.0 Å². The number of carbonyl (C=O) groups is 2. The fourth-order valence-corrected chi connectivity index (χ4v) is 2.97. The maximum absolute atomic E-state index is 12.6. The molecule has 2 amide bonds. The molecule has 0 aromatic carbocycles. The lowest BCUT2D eigenvalue weighted by Crippen LogP contribution is -2.53. The second-order valence-electron chi connectivity index (χ2n) is 5.92. The standard InChI is InChI=1S/C14H27N3O3/c1-6-16(11(3)9-15(4)5)14(20)17-8-7-10(2)12(17)13(18)19/h10-12H,6-9H2,1-5H3,(H,18,19). The van der Waals surface area contributed by atoms with Gasteiger partial charge in [0.2, 0.25) is 0 Å². The number of likely N-dealkylation sites (N-methyl/N-ethyl adjacent to an activating group) is 2. The highest BCUT2D eigenvalue weighted by molar-refractivity contribution is 5.83. The van der Waals surface area contributed by atoms with Crippen molar-refractivity contribution in [2.45, 2.75) is 39.3 Å². The monoisotopic (exact) mass is 285 g/mol. The summed E-state index contributed by atoms with van der Waals surface area (Å²) in [5.41, 5.74) is 0. The van der Waals surface area contributed by atoms with Crippen LogP contribution in [0.15, 0.2) is 0 Å². The topological polar surface area (TPSA) is 64.1 Å². The fraction of sp³-hybridized carbons (Fsp3) is 0.857. The predicted molar refractivity (Wildman–Crippen MR) is 77.7 cm³/mol. The van der Waals surface area contributed by atoms with Gasteiger partial charge in [-0.05, 0) is 40.3 Å². The fourth-order valence-electron chi connectivity index (χ4n) is 2.97. The van der Waals surface area contributed by atoms with Gasteiger partial charge in [0.05, 0.1) is 0 Å². The second kappa shape index (κ2) is 6.92. The zero-order valence-electron chi connectivity index (χ0n) is 13.2. The minimum absolute atomic E-state index is 0.0133. The largest absolute Gasteiger partial charge is 0.480 e. The Kier molecular flexibility index (Phi) is 5.80. The van der Waals surface area contributed by atoms with Crippen LogP contribution >= 0.6 is 0 Å². The van der Waals surface area contributed by atoms with Gasteiger partial charge in [-0.3, -0.25) is 0 Å². The predicted octanol–water partition coefficient (Wildman–Crippen LogP) is 1.17. The zero-order chi connectivity index (χ0) is 15.4. The molecule has 1 heterocycles. The van der Waals surface area contributed by atoms with Crippen molar-refractivity contribution in [2.24, 2.45) is 5.92 Å². The Bertz CT molecular complexity index is 360. The summed E-state index contributed by atoms with van der Waals surface area (Å²) >= 11 is 0. The highest BCUT2D eigenvalue weighted by Crippen LogP contribution is 2.25. The summed E-state index contributed by atoms with van der Waals surface area (Å²) < 4.78 is 0. The molecule has 1 N–H and O–H groups in total. The number of carboxylic acids is 1. The van der Waals surface area contributed by atoms with E-state index in [-0.39, 0.29) is 18.0 Å². The first-order valence-electron chi connectivity index (χ1n) is 7.24. The van der Waals surface area contributed by atoms with Gasteiger partial charge in [-0.1, -0.05) is 6.92 Å². The van der Waals surface area contributed by atoms with Gasteiger partial charge in [-0.25, -0.2) is 9.59 Å². The number of carboxylic acid groups (broad SMARTS) is 1. The highest BCUT2D eigenvalue weighted by Gasteiger charge is 2.41. The molecule has 0 saturated carbocycles. The number of rotatable bonds is 5. The van der Waals surface area contributed by atoms with Crippen LogP contribution in [0.5, 0.6) is 0 Å². The average Bonchev–Trinajstić information content (AvgIpc) is 2.70. The molecule has 6 nitrogen and oxygen atoms in total. The van der Waals surface area contributed by atoms with Crippen molar-refractivity contribution >= 4 is 12.0 Å². The van der Waals surface area contributed by atoms with E-state index in [9.17, 15) is 14.7 Å². The molecular formula is C14H27N3O3. The molecule has 116 valence electrons. The Morgan fingerprint density at radius 2 is 2.00 bits per heavy atom. The minimum Gasteiger partial charge on any atom is -0.480 e. The molecule has 0 aromatic heterocycles.